The number of nitrogens with one attached hydrogen (secondary N) is 1. The van der Waals surface area contributed by atoms with E-state index in [2.05, 4.69) is 5.32 Å². The van der Waals surface area contributed by atoms with Gasteiger partial charge in [0, 0.05) is 24.4 Å². The molecule has 0 aliphatic heterocycles. The molecule has 31 heavy (non-hydrogen) atoms. The summed E-state index contributed by atoms with van der Waals surface area (Å²) in [7, 11) is -2.38. The van der Waals surface area contributed by atoms with E-state index in [0.717, 1.165) is 5.56 Å². The van der Waals surface area contributed by atoms with Crippen LogP contribution in [0.3, 0.4) is 0 Å². The van der Waals surface area contributed by atoms with Gasteiger partial charge >= 0.3 is 0 Å². The standard InChI is InChI=1S/C23H21N3O4S/c1-17-9-11-20(12-10-17)26(2)31(28,29)22-8-3-5-18(15-22)23(27)25-19-6-4-7-21(16-19)30-14-13-24/h3-12,15-16H,14H2,1-2H3,(H,25,27). The lowest BCUT2D eigenvalue weighted by atomic mass is 10.2. The Kier molecular flexibility index (Phi) is 6.58. The molecule has 0 atom stereocenters. The van der Waals surface area contributed by atoms with Gasteiger partial charge in [0.15, 0.2) is 6.61 Å². The maximum atomic E-state index is 13.0. The van der Waals surface area contributed by atoms with E-state index in [-0.39, 0.29) is 17.1 Å². The first-order valence-corrected chi connectivity index (χ1v) is 10.8. The highest BCUT2D eigenvalue weighted by atomic mass is 32.2. The molecule has 0 aliphatic rings. The van der Waals surface area contributed by atoms with Gasteiger partial charge in [-0.05, 0) is 49.4 Å². The van der Waals surface area contributed by atoms with Gasteiger partial charge in [0.05, 0.1) is 10.6 Å². The smallest absolute Gasteiger partial charge is 0.264 e. The summed E-state index contributed by atoms with van der Waals surface area (Å²) in [5.74, 6) is -0.0251. The minimum Gasteiger partial charge on any atom is -0.479 e. The van der Waals surface area contributed by atoms with Crippen LogP contribution >= 0.6 is 0 Å². The highest BCUT2D eigenvalue weighted by Crippen LogP contribution is 2.24. The van der Waals surface area contributed by atoms with Crippen molar-refractivity contribution < 1.29 is 17.9 Å². The molecule has 0 radical (unpaired) electrons. The van der Waals surface area contributed by atoms with Crippen molar-refractivity contribution in [3.05, 3.63) is 83.9 Å². The molecule has 0 saturated carbocycles. The summed E-state index contributed by atoms with van der Waals surface area (Å²) in [6, 6.07) is 21.5. The first kappa shape index (κ1) is 21.9. The Balaban J connectivity index is 1.81. The lowest BCUT2D eigenvalue weighted by Crippen LogP contribution is -2.26. The summed E-state index contributed by atoms with van der Waals surface area (Å²) in [4.78, 5) is 12.7. The number of hydrogen-bond acceptors (Lipinski definition) is 5. The number of anilines is 2. The number of carbonyl (C=O) groups excluding carboxylic acids is 1. The first-order valence-electron chi connectivity index (χ1n) is 9.38. The van der Waals surface area contributed by atoms with Crippen LogP contribution in [0.15, 0.2) is 77.7 Å². The Hall–Kier alpha value is -3.83. The summed E-state index contributed by atoms with van der Waals surface area (Å²) in [5, 5.41) is 11.3. The molecule has 1 N–H and O–H groups in total. The van der Waals surface area contributed by atoms with Crippen molar-refractivity contribution in [2.45, 2.75) is 11.8 Å². The van der Waals surface area contributed by atoms with Crippen molar-refractivity contribution in [2.75, 3.05) is 23.3 Å². The lowest BCUT2D eigenvalue weighted by Gasteiger charge is -2.20. The molecular formula is C23H21N3O4S. The number of benzene rings is 3. The third-order valence-corrected chi connectivity index (χ3v) is 6.33. The van der Waals surface area contributed by atoms with Crippen LogP contribution in [0.1, 0.15) is 15.9 Å². The molecule has 0 aliphatic carbocycles. The van der Waals surface area contributed by atoms with Gasteiger partial charge in [-0.25, -0.2) is 8.42 Å². The average molecular weight is 436 g/mol. The van der Waals surface area contributed by atoms with E-state index in [0.29, 0.717) is 17.1 Å². The second kappa shape index (κ2) is 9.32. The molecule has 0 saturated heterocycles. The molecule has 0 bridgehead atoms. The molecule has 7 nitrogen and oxygen atoms in total. The van der Waals surface area contributed by atoms with Gasteiger partial charge in [0.25, 0.3) is 15.9 Å². The molecule has 3 rings (SSSR count). The van der Waals surface area contributed by atoms with Crippen molar-refractivity contribution in [1.82, 2.24) is 0 Å². The summed E-state index contributed by atoms with van der Waals surface area (Å²) in [5.41, 5.74) is 2.21. The van der Waals surface area contributed by atoms with Gasteiger partial charge in [-0.3, -0.25) is 9.10 Å². The molecule has 158 valence electrons. The number of nitrogens with zero attached hydrogens (tertiary/aromatic N) is 2. The average Bonchev–Trinajstić information content (AvgIpc) is 2.78. The quantitative estimate of drug-likeness (QED) is 0.605. The number of amides is 1. The Morgan fingerprint density at radius 1 is 1.06 bits per heavy atom. The Labute approximate surface area is 181 Å². The fourth-order valence-corrected chi connectivity index (χ4v) is 4.07. The van der Waals surface area contributed by atoms with E-state index in [1.54, 1.807) is 36.4 Å². The van der Waals surface area contributed by atoms with Gasteiger partial charge < -0.3 is 10.1 Å². The largest absolute Gasteiger partial charge is 0.479 e. The van der Waals surface area contributed by atoms with Gasteiger partial charge in [-0.15, -0.1) is 0 Å². The van der Waals surface area contributed by atoms with Crippen LogP contribution in [-0.2, 0) is 10.0 Å². The number of hydrogen-bond donors (Lipinski definition) is 1. The van der Waals surface area contributed by atoms with E-state index < -0.39 is 15.9 Å². The number of carbonyl (C=O) groups is 1. The lowest BCUT2D eigenvalue weighted by molar-refractivity contribution is 0.102. The topological polar surface area (TPSA) is 99.5 Å². The Morgan fingerprint density at radius 3 is 2.48 bits per heavy atom. The van der Waals surface area contributed by atoms with Crippen LogP contribution in [0.4, 0.5) is 11.4 Å². The molecular weight excluding hydrogens is 414 g/mol. The molecule has 0 fully saturated rings. The fourth-order valence-electron chi connectivity index (χ4n) is 2.83. The number of rotatable bonds is 7. The zero-order chi connectivity index (χ0) is 22.4. The fraction of sp³-hybridized carbons (Fsp3) is 0.130. The van der Waals surface area contributed by atoms with Crippen molar-refractivity contribution in [2.24, 2.45) is 0 Å². The monoisotopic (exact) mass is 435 g/mol. The molecule has 0 unspecified atom stereocenters. The Morgan fingerprint density at radius 2 is 1.77 bits per heavy atom. The molecule has 3 aromatic carbocycles. The second-order valence-corrected chi connectivity index (χ2v) is 8.73. The first-order chi connectivity index (χ1) is 14.8. The van der Waals surface area contributed by atoms with Crippen molar-refractivity contribution in [3.8, 4) is 11.8 Å². The predicted octanol–water partition coefficient (Wildman–Crippen LogP) is 3.97. The summed E-state index contributed by atoms with van der Waals surface area (Å²) in [6.45, 7) is 1.82. The molecule has 0 spiro atoms. The zero-order valence-electron chi connectivity index (χ0n) is 17.1. The van der Waals surface area contributed by atoms with E-state index in [9.17, 15) is 13.2 Å². The van der Waals surface area contributed by atoms with E-state index in [1.807, 2.05) is 25.1 Å². The number of sulfonamides is 1. The van der Waals surface area contributed by atoms with Gasteiger partial charge in [0.2, 0.25) is 0 Å². The van der Waals surface area contributed by atoms with Crippen LogP contribution in [-0.4, -0.2) is 28.0 Å². The van der Waals surface area contributed by atoms with E-state index in [1.165, 1.54) is 35.6 Å². The second-order valence-electron chi connectivity index (χ2n) is 6.76. The predicted molar refractivity (Wildman–Crippen MR) is 119 cm³/mol. The number of nitriles is 1. The minimum atomic E-state index is -3.85. The van der Waals surface area contributed by atoms with Gasteiger partial charge in [0.1, 0.15) is 11.8 Å². The van der Waals surface area contributed by atoms with E-state index in [4.69, 9.17) is 10.00 Å². The normalized spacial score (nSPS) is 10.7. The summed E-state index contributed by atoms with van der Waals surface area (Å²) < 4.78 is 32.5. The number of ether oxygens (including phenoxy) is 1. The van der Waals surface area contributed by atoms with Crippen LogP contribution < -0.4 is 14.4 Å². The van der Waals surface area contributed by atoms with Crippen LogP contribution in [0, 0.1) is 18.3 Å². The van der Waals surface area contributed by atoms with Crippen molar-refractivity contribution in [3.63, 3.8) is 0 Å². The SMILES string of the molecule is Cc1ccc(N(C)S(=O)(=O)c2cccc(C(=O)Nc3cccc(OCC#N)c3)c2)cc1. The van der Waals surface area contributed by atoms with E-state index >= 15 is 0 Å². The van der Waals surface area contributed by atoms with Crippen LogP contribution in [0.25, 0.3) is 0 Å². The Bertz CT molecular complexity index is 1230. The van der Waals surface area contributed by atoms with Gasteiger partial charge in [-0.2, -0.15) is 5.26 Å². The third-order valence-electron chi connectivity index (χ3n) is 4.55. The molecule has 0 heterocycles. The summed E-state index contributed by atoms with van der Waals surface area (Å²) >= 11 is 0. The molecule has 3 aromatic rings. The maximum Gasteiger partial charge on any atom is 0.264 e. The van der Waals surface area contributed by atoms with Crippen LogP contribution in [0.2, 0.25) is 0 Å². The van der Waals surface area contributed by atoms with Crippen LogP contribution in [0.5, 0.6) is 5.75 Å². The third kappa shape index (κ3) is 5.21. The summed E-state index contributed by atoms with van der Waals surface area (Å²) in [6.07, 6.45) is 0. The van der Waals surface area contributed by atoms with Crippen molar-refractivity contribution >= 4 is 27.3 Å². The number of aryl methyl sites for hydroxylation is 1. The molecule has 0 aromatic heterocycles. The maximum absolute atomic E-state index is 13.0. The van der Waals surface area contributed by atoms with Crippen molar-refractivity contribution in [1.29, 1.82) is 5.26 Å². The minimum absolute atomic E-state index is 0.00864. The zero-order valence-corrected chi connectivity index (χ0v) is 17.9. The molecule has 8 heteroatoms. The molecule has 1 amide bonds. The van der Waals surface area contributed by atoms with Gasteiger partial charge in [-0.1, -0.05) is 29.8 Å². The highest BCUT2D eigenvalue weighted by Gasteiger charge is 2.22. The highest BCUT2D eigenvalue weighted by molar-refractivity contribution is 7.92.